The van der Waals surface area contributed by atoms with Crippen molar-refractivity contribution in [3.63, 3.8) is 0 Å². The van der Waals surface area contributed by atoms with Gasteiger partial charge in [-0.05, 0) is 90.1 Å². The van der Waals surface area contributed by atoms with Crippen LogP contribution in [0.4, 0.5) is 0 Å². The molecule has 0 aliphatic heterocycles. The van der Waals surface area contributed by atoms with Crippen LogP contribution in [0.1, 0.15) is 192 Å². The summed E-state index contributed by atoms with van der Waals surface area (Å²) in [7, 11) is -1.71. The Morgan fingerprint density at radius 2 is 0.612 bits per heavy atom. The van der Waals surface area contributed by atoms with E-state index in [-0.39, 0.29) is 0 Å². The second-order valence-electron chi connectivity index (χ2n) is 14.5. The molecule has 0 saturated carbocycles. The molecular formula is C45H69O3P. The zero-order chi connectivity index (χ0) is 35.1. The summed E-state index contributed by atoms with van der Waals surface area (Å²) >= 11 is 0. The Morgan fingerprint density at radius 1 is 0.367 bits per heavy atom. The van der Waals surface area contributed by atoms with Crippen LogP contribution in [0.5, 0.6) is 17.2 Å². The van der Waals surface area contributed by atoms with Gasteiger partial charge in [-0.1, -0.05) is 174 Å². The zero-order valence-corrected chi connectivity index (χ0v) is 33.0. The van der Waals surface area contributed by atoms with Crippen molar-refractivity contribution in [2.45, 2.75) is 175 Å². The second kappa shape index (κ2) is 24.6. The second-order valence-corrected chi connectivity index (χ2v) is 15.5. The fourth-order valence-corrected chi connectivity index (χ4v) is 7.54. The summed E-state index contributed by atoms with van der Waals surface area (Å²) < 4.78 is 19.3. The molecule has 3 unspecified atom stereocenters. The summed E-state index contributed by atoms with van der Waals surface area (Å²) in [6, 6.07) is 25.7. The van der Waals surface area contributed by atoms with Crippen molar-refractivity contribution in [3.05, 3.63) is 89.5 Å². The number of rotatable bonds is 27. The third-order valence-electron chi connectivity index (χ3n) is 10.1. The van der Waals surface area contributed by atoms with Gasteiger partial charge in [-0.2, -0.15) is 0 Å². The SMILES string of the molecule is CCCCCCCC(C)c1ccc(OP(Oc2ccc(C(C)CCCCCCC)cc2)Oc2ccc(C(C)CCCCCCC)cc2)cc1. The largest absolute Gasteiger partial charge is 0.530 e. The molecule has 272 valence electrons. The molecule has 4 heteroatoms. The zero-order valence-electron chi connectivity index (χ0n) is 32.1. The highest BCUT2D eigenvalue weighted by atomic mass is 31.2. The first-order valence-corrected chi connectivity index (χ1v) is 21.2. The summed E-state index contributed by atoms with van der Waals surface area (Å²) in [6.45, 7) is 13.8. The summed E-state index contributed by atoms with van der Waals surface area (Å²) in [4.78, 5) is 0. The highest BCUT2D eigenvalue weighted by Gasteiger charge is 2.21. The normalized spacial score (nSPS) is 13.8. The summed E-state index contributed by atoms with van der Waals surface area (Å²) in [5, 5.41) is 0. The predicted molar refractivity (Wildman–Crippen MR) is 214 cm³/mol. The van der Waals surface area contributed by atoms with Crippen LogP contribution in [0.2, 0.25) is 0 Å². The van der Waals surface area contributed by atoms with E-state index in [0.29, 0.717) is 17.8 Å². The maximum absolute atomic E-state index is 6.43. The van der Waals surface area contributed by atoms with Crippen molar-refractivity contribution in [1.29, 1.82) is 0 Å². The van der Waals surface area contributed by atoms with Crippen LogP contribution in [0.15, 0.2) is 72.8 Å². The Bertz CT molecular complexity index is 1070. The van der Waals surface area contributed by atoms with Gasteiger partial charge in [0.25, 0.3) is 0 Å². The first-order valence-electron chi connectivity index (χ1n) is 20.1. The minimum absolute atomic E-state index is 0.541. The number of unbranched alkanes of at least 4 members (excludes halogenated alkanes) is 12. The molecule has 3 atom stereocenters. The van der Waals surface area contributed by atoms with E-state index in [1.165, 1.54) is 132 Å². The molecule has 0 aliphatic carbocycles. The van der Waals surface area contributed by atoms with E-state index in [1.807, 2.05) is 0 Å². The molecule has 0 N–H and O–H groups in total. The molecule has 0 amide bonds. The quantitative estimate of drug-likeness (QED) is 0.0589. The summed E-state index contributed by atoms with van der Waals surface area (Å²) in [5.41, 5.74) is 4.08. The molecule has 3 aromatic rings. The van der Waals surface area contributed by atoms with Crippen LogP contribution in [0.25, 0.3) is 0 Å². The third kappa shape index (κ3) is 16.4. The Hall–Kier alpha value is -2.51. The molecule has 49 heavy (non-hydrogen) atoms. The van der Waals surface area contributed by atoms with E-state index in [2.05, 4.69) is 114 Å². The number of benzene rings is 3. The highest BCUT2D eigenvalue weighted by Crippen LogP contribution is 2.43. The molecule has 0 spiro atoms. The first kappa shape index (κ1) is 40.9. The minimum atomic E-state index is -1.71. The molecule has 3 rings (SSSR count). The molecule has 3 aromatic carbocycles. The van der Waals surface area contributed by atoms with E-state index in [1.54, 1.807) is 0 Å². The van der Waals surface area contributed by atoms with Crippen LogP contribution in [0, 0.1) is 0 Å². The maximum atomic E-state index is 6.43. The Labute approximate surface area is 302 Å². The van der Waals surface area contributed by atoms with E-state index in [4.69, 9.17) is 13.6 Å². The van der Waals surface area contributed by atoms with Gasteiger partial charge in [0.15, 0.2) is 0 Å². The lowest BCUT2D eigenvalue weighted by molar-refractivity contribution is 0.388. The summed E-state index contributed by atoms with van der Waals surface area (Å²) in [6.07, 6.45) is 23.5. The van der Waals surface area contributed by atoms with Crippen LogP contribution in [-0.2, 0) is 0 Å². The van der Waals surface area contributed by atoms with Crippen molar-refractivity contribution >= 4 is 8.60 Å². The van der Waals surface area contributed by atoms with Crippen LogP contribution < -0.4 is 13.6 Å². The topological polar surface area (TPSA) is 27.7 Å². The smallest absolute Gasteiger partial charge is 0.409 e. The minimum Gasteiger partial charge on any atom is -0.409 e. The molecule has 0 bridgehead atoms. The molecule has 0 saturated heterocycles. The number of hydrogen-bond acceptors (Lipinski definition) is 3. The lowest BCUT2D eigenvalue weighted by atomic mass is 9.95. The van der Waals surface area contributed by atoms with Crippen molar-refractivity contribution < 1.29 is 13.6 Å². The van der Waals surface area contributed by atoms with Gasteiger partial charge in [0.1, 0.15) is 17.2 Å². The van der Waals surface area contributed by atoms with Crippen molar-refractivity contribution in [2.75, 3.05) is 0 Å². The van der Waals surface area contributed by atoms with Gasteiger partial charge in [-0.3, -0.25) is 0 Å². The van der Waals surface area contributed by atoms with Gasteiger partial charge in [-0.15, -0.1) is 0 Å². The fourth-order valence-electron chi connectivity index (χ4n) is 6.55. The van der Waals surface area contributed by atoms with Gasteiger partial charge in [0.05, 0.1) is 0 Å². The van der Waals surface area contributed by atoms with Crippen molar-refractivity contribution in [1.82, 2.24) is 0 Å². The average molecular weight is 689 g/mol. The van der Waals surface area contributed by atoms with Crippen LogP contribution >= 0.6 is 8.60 Å². The maximum Gasteiger partial charge on any atom is 0.530 e. The van der Waals surface area contributed by atoms with Gasteiger partial charge in [0, 0.05) is 0 Å². The highest BCUT2D eigenvalue weighted by molar-refractivity contribution is 7.43. The Morgan fingerprint density at radius 3 is 0.857 bits per heavy atom. The van der Waals surface area contributed by atoms with E-state index in [9.17, 15) is 0 Å². The Kier molecular flexibility index (Phi) is 20.5. The van der Waals surface area contributed by atoms with Crippen LogP contribution in [-0.4, -0.2) is 0 Å². The standard InChI is InChI=1S/C45H69O3P/c1-7-10-13-16-19-22-37(4)40-25-31-43(32-26-40)46-49(47-44-33-27-41(28-34-44)38(5)23-20-17-14-11-8-2)48-45-35-29-42(30-36-45)39(6)24-21-18-15-12-9-3/h25-39H,7-24H2,1-6H3. The molecule has 0 radical (unpaired) electrons. The van der Waals surface area contributed by atoms with E-state index < -0.39 is 8.60 Å². The first-order chi connectivity index (χ1) is 23.9. The van der Waals surface area contributed by atoms with Gasteiger partial charge < -0.3 is 13.6 Å². The number of hydrogen-bond donors (Lipinski definition) is 0. The lowest BCUT2D eigenvalue weighted by Gasteiger charge is -2.20. The summed E-state index contributed by atoms with van der Waals surface area (Å²) in [5.74, 6) is 3.93. The van der Waals surface area contributed by atoms with Gasteiger partial charge in [0.2, 0.25) is 0 Å². The third-order valence-corrected chi connectivity index (χ3v) is 11.2. The Balaban J connectivity index is 1.64. The van der Waals surface area contributed by atoms with Crippen LogP contribution in [0.3, 0.4) is 0 Å². The van der Waals surface area contributed by atoms with E-state index >= 15 is 0 Å². The molecular weight excluding hydrogens is 619 g/mol. The monoisotopic (exact) mass is 688 g/mol. The molecule has 0 aromatic heterocycles. The lowest BCUT2D eigenvalue weighted by Crippen LogP contribution is -2.03. The molecule has 0 heterocycles. The molecule has 0 fully saturated rings. The molecule has 3 nitrogen and oxygen atoms in total. The fraction of sp³-hybridized carbons (Fsp3) is 0.600. The van der Waals surface area contributed by atoms with Gasteiger partial charge >= 0.3 is 8.60 Å². The molecule has 0 aliphatic rings. The van der Waals surface area contributed by atoms with Crippen molar-refractivity contribution in [3.8, 4) is 17.2 Å². The average Bonchev–Trinajstić information content (AvgIpc) is 3.12. The van der Waals surface area contributed by atoms with Crippen molar-refractivity contribution in [2.24, 2.45) is 0 Å². The van der Waals surface area contributed by atoms with E-state index in [0.717, 1.165) is 17.2 Å². The van der Waals surface area contributed by atoms with Gasteiger partial charge in [-0.25, -0.2) is 0 Å². The predicted octanol–water partition coefficient (Wildman–Crippen LogP) is 15.8.